The van der Waals surface area contributed by atoms with Crippen molar-refractivity contribution in [2.45, 2.75) is 19.4 Å². The second-order valence-corrected chi connectivity index (χ2v) is 4.69. The molecule has 1 aromatic rings. The van der Waals surface area contributed by atoms with E-state index < -0.39 is 0 Å². The molecule has 0 aliphatic carbocycles. The van der Waals surface area contributed by atoms with Crippen LogP contribution in [0.3, 0.4) is 0 Å². The number of aryl methyl sites for hydroxylation is 1. The van der Waals surface area contributed by atoms with Crippen LogP contribution in [0.25, 0.3) is 0 Å². The van der Waals surface area contributed by atoms with Gasteiger partial charge in [-0.05, 0) is 6.42 Å². The molecule has 2 rings (SSSR count). The third-order valence-corrected chi connectivity index (χ3v) is 3.06. The fraction of sp³-hybridized carbons (Fsp3) is 0.500. The van der Waals surface area contributed by atoms with Crippen molar-refractivity contribution in [2.75, 3.05) is 13.1 Å². The lowest BCUT2D eigenvalue weighted by Gasteiger charge is -2.25. The van der Waals surface area contributed by atoms with Gasteiger partial charge in [-0.2, -0.15) is 0 Å². The Bertz CT molecular complexity index is 388. The normalized spacial score (nSPS) is 16.1. The van der Waals surface area contributed by atoms with Gasteiger partial charge in [0, 0.05) is 23.6 Å². The molecule has 0 aromatic carbocycles. The summed E-state index contributed by atoms with van der Waals surface area (Å²) in [7, 11) is 0. The number of carbonyl (C=O) groups excluding carboxylic acids is 1. The molecule has 6 heteroatoms. The predicted octanol–water partition coefficient (Wildman–Crippen LogP) is 1.18. The second kappa shape index (κ2) is 5.25. The monoisotopic (exact) mass is 284 g/mol. The minimum atomic E-state index is 0.167. The summed E-state index contributed by atoms with van der Waals surface area (Å²) in [5.74, 6) is 0.167. The fourth-order valence-electron chi connectivity index (χ4n) is 1.64. The van der Waals surface area contributed by atoms with Gasteiger partial charge >= 0.3 is 0 Å². The van der Waals surface area contributed by atoms with E-state index in [2.05, 4.69) is 32.3 Å². The third-order valence-electron chi connectivity index (χ3n) is 2.49. The Balaban J connectivity index is 1.82. The third kappa shape index (κ3) is 2.91. The summed E-state index contributed by atoms with van der Waals surface area (Å²) < 4.78 is 2.76. The standard InChI is InChI=1S/C10H13BrN4O/c11-9-2-1-5-14(8-9)10(16)3-6-15-7-4-12-13-15/h2,4,7H,1,3,5-6,8H2. The topological polar surface area (TPSA) is 51.0 Å². The first kappa shape index (κ1) is 11.3. The Morgan fingerprint density at radius 3 is 3.12 bits per heavy atom. The van der Waals surface area contributed by atoms with E-state index in [1.54, 1.807) is 17.1 Å². The van der Waals surface area contributed by atoms with Crippen molar-refractivity contribution in [3.63, 3.8) is 0 Å². The van der Waals surface area contributed by atoms with Gasteiger partial charge in [0.15, 0.2) is 0 Å². The zero-order valence-corrected chi connectivity index (χ0v) is 10.4. The summed E-state index contributed by atoms with van der Waals surface area (Å²) in [6, 6.07) is 0. The largest absolute Gasteiger partial charge is 0.337 e. The number of nitrogens with zero attached hydrogens (tertiary/aromatic N) is 4. The van der Waals surface area contributed by atoms with Crippen molar-refractivity contribution in [3.8, 4) is 0 Å². The summed E-state index contributed by atoms with van der Waals surface area (Å²) in [6.07, 6.45) is 6.89. The second-order valence-electron chi connectivity index (χ2n) is 3.67. The molecule has 1 amide bonds. The SMILES string of the molecule is O=C(CCn1ccnn1)N1CCC=C(Br)C1. The van der Waals surface area contributed by atoms with Crippen LogP contribution >= 0.6 is 15.9 Å². The summed E-state index contributed by atoms with van der Waals surface area (Å²) in [6.45, 7) is 2.10. The number of hydrogen-bond acceptors (Lipinski definition) is 3. The van der Waals surface area contributed by atoms with Gasteiger partial charge in [0.1, 0.15) is 0 Å². The van der Waals surface area contributed by atoms with Crippen LogP contribution in [0.15, 0.2) is 23.0 Å². The summed E-state index contributed by atoms with van der Waals surface area (Å²) in [5, 5.41) is 7.52. The fourth-order valence-corrected chi connectivity index (χ4v) is 2.17. The maximum absolute atomic E-state index is 11.9. The van der Waals surface area contributed by atoms with Crippen LogP contribution < -0.4 is 0 Å². The van der Waals surface area contributed by atoms with Gasteiger partial charge in [-0.1, -0.05) is 27.2 Å². The van der Waals surface area contributed by atoms with E-state index in [0.717, 1.165) is 17.4 Å². The van der Waals surface area contributed by atoms with E-state index >= 15 is 0 Å². The highest BCUT2D eigenvalue weighted by Gasteiger charge is 2.16. The zero-order valence-electron chi connectivity index (χ0n) is 8.84. The number of hydrogen-bond donors (Lipinski definition) is 0. The molecule has 1 aliphatic heterocycles. The van der Waals surface area contributed by atoms with E-state index in [4.69, 9.17) is 0 Å². The molecule has 86 valence electrons. The number of amides is 1. The molecule has 0 saturated carbocycles. The first-order valence-corrected chi connectivity index (χ1v) is 6.01. The van der Waals surface area contributed by atoms with Crippen molar-refractivity contribution in [1.29, 1.82) is 0 Å². The maximum atomic E-state index is 11.9. The lowest BCUT2D eigenvalue weighted by Crippen LogP contribution is -2.35. The number of rotatable bonds is 3. The highest BCUT2D eigenvalue weighted by Crippen LogP contribution is 2.15. The summed E-state index contributed by atoms with van der Waals surface area (Å²) in [4.78, 5) is 13.7. The minimum Gasteiger partial charge on any atom is -0.337 e. The molecule has 5 nitrogen and oxygen atoms in total. The zero-order chi connectivity index (χ0) is 11.4. The molecule has 0 N–H and O–H groups in total. The lowest BCUT2D eigenvalue weighted by molar-refractivity contribution is -0.131. The average Bonchev–Trinajstić information content (AvgIpc) is 2.78. The molecular weight excluding hydrogens is 272 g/mol. The Morgan fingerprint density at radius 2 is 2.44 bits per heavy atom. The van der Waals surface area contributed by atoms with Crippen LogP contribution in [0.2, 0.25) is 0 Å². The minimum absolute atomic E-state index is 0.167. The lowest BCUT2D eigenvalue weighted by atomic mass is 10.2. The van der Waals surface area contributed by atoms with Crippen LogP contribution in [-0.4, -0.2) is 38.9 Å². The Labute approximate surface area is 102 Å². The molecular formula is C10H13BrN4O. The van der Waals surface area contributed by atoms with Crippen LogP contribution in [0.5, 0.6) is 0 Å². The van der Waals surface area contributed by atoms with Gasteiger partial charge in [-0.15, -0.1) is 5.10 Å². The van der Waals surface area contributed by atoms with Crippen LogP contribution in [0, 0.1) is 0 Å². The quantitative estimate of drug-likeness (QED) is 0.838. The van der Waals surface area contributed by atoms with E-state index in [9.17, 15) is 4.79 Å². The van der Waals surface area contributed by atoms with Crippen molar-refractivity contribution in [1.82, 2.24) is 19.9 Å². The highest BCUT2D eigenvalue weighted by molar-refractivity contribution is 9.11. The van der Waals surface area contributed by atoms with Crippen molar-refractivity contribution >= 4 is 21.8 Å². The van der Waals surface area contributed by atoms with Gasteiger partial charge < -0.3 is 4.90 Å². The average molecular weight is 285 g/mol. The predicted molar refractivity (Wildman–Crippen MR) is 62.8 cm³/mol. The van der Waals surface area contributed by atoms with E-state index in [1.165, 1.54) is 0 Å². The number of halogens is 1. The van der Waals surface area contributed by atoms with Crippen LogP contribution in [0.4, 0.5) is 0 Å². The van der Waals surface area contributed by atoms with Crippen molar-refractivity contribution in [3.05, 3.63) is 23.0 Å². The van der Waals surface area contributed by atoms with Crippen LogP contribution in [-0.2, 0) is 11.3 Å². The molecule has 0 fully saturated rings. The molecule has 0 unspecified atom stereocenters. The molecule has 0 bridgehead atoms. The van der Waals surface area contributed by atoms with Gasteiger partial charge in [0.25, 0.3) is 0 Å². The Kier molecular flexibility index (Phi) is 3.71. The molecule has 1 aromatic heterocycles. The highest BCUT2D eigenvalue weighted by atomic mass is 79.9. The molecule has 0 atom stereocenters. The first-order chi connectivity index (χ1) is 7.75. The van der Waals surface area contributed by atoms with Gasteiger partial charge in [0.2, 0.25) is 5.91 Å². The van der Waals surface area contributed by atoms with E-state index in [1.807, 2.05) is 4.90 Å². The van der Waals surface area contributed by atoms with Gasteiger partial charge in [0.05, 0.1) is 19.3 Å². The molecule has 0 spiro atoms. The first-order valence-electron chi connectivity index (χ1n) is 5.22. The van der Waals surface area contributed by atoms with Crippen molar-refractivity contribution < 1.29 is 4.79 Å². The smallest absolute Gasteiger partial charge is 0.224 e. The van der Waals surface area contributed by atoms with Gasteiger partial charge in [-0.25, -0.2) is 0 Å². The Morgan fingerprint density at radius 1 is 1.56 bits per heavy atom. The van der Waals surface area contributed by atoms with Crippen LogP contribution in [0.1, 0.15) is 12.8 Å². The maximum Gasteiger partial charge on any atom is 0.224 e. The number of carbonyl (C=O) groups is 1. The summed E-state index contributed by atoms with van der Waals surface area (Å²) in [5.41, 5.74) is 0. The Hall–Kier alpha value is -1.17. The molecule has 2 heterocycles. The summed E-state index contributed by atoms with van der Waals surface area (Å²) >= 11 is 3.43. The molecule has 16 heavy (non-hydrogen) atoms. The molecule has 0 radical (unpaired) electrons. The van der Waals surface area contributed by atoms with E-state index in [0.29, 0.717) is 19.5 Å². The van der Waals surface area contributed by atoms with Gasteiger partial charge in [-0.3, -0.25) is 9.48 Å². The van der Waals surface area contributed by atoms with Crippen molar-refractivity contribution in [2.24, 2.45) is 0 Å². The molecule has 0 saturated heterocycles. The van der Waals surface area contributed by atoms with E-state index in [-0.39, 0.29) is 5.91 Å². The number of aromatic nitrogens is 3. The molecule has 1 aliphatic rings.